The predicted octanol–water partition coefficient (Wildman–Crippen LogP) is 4.17. The molecule has 0 radical (unpaired) electrons. The minimum Gasteiger partial charge on any atom is -0.493 e. The van der Waals surface area contributed by atoms with Gasteiger partial charge >= 0.3 is 0 Å². The highest BCUT2D eigenvalue weighted by Gasteiger charge is 2.06. The molecule has 0 spiro atoms. The number of aromatic nitrogens is 2. The van der Waals surface area contributed by atoms with Crippen LogP contribution in [0.2, 0.25) is 0 Å². The first-order valence-corrected chi connectivity index (χ1v) is 10.6. The van der Waals surface area contributed by atoms with E-state index in [9.17, 15) is 0 Å². The standard InChI is InChI=1S/C24H31N5O2/c1-4-25-24(27-21-10-7-11-22(17-21)31-16-8-15-30-3)26-18-20-9-5-6-12-23(20)29-14-13-19(2)28-29/h5-7,9-14,17H,4,8,15-16,18H2,1-3H3,(H2,25,26,27). The molecular weight excluding hydrogens is 390 g/mol. The van der Waals surface area contributed by atoms with Crippen molar-refractivity contribution in [2.45, 2.75) is 26.8 Å². The molecule has 0 unspecified atom stereocenters. The number of aliphatic imine (C=N–C) groups is 1. The van der Waals surface area contributed by atoms with Gasteiger partial charge in [0.25, 0.3) is 0 Å². The number of guanidine groups is 1. The summed E-state index contributed by atoms with van der Waals surface area (Å²) in [7, 11) is 1.70. The third-order valence-electron chi connectivity index (χ3n) is 4.57. The molecule has 0 aliphatic heterocycles. The number of ether oxygens (including phenoxy) is 2. The van der Waals surface area contributed by atoms with E-state index in [1.807, 2.05) is 67.2 Å². The summed E-state index contributed by atoms with van der Waals surface area (Å²) in [5, 5.41) is 11.2. The Morgan fingerprint density at radius 2 is 1.97 bits per heavy atom. The summed E-state index contributed by atoms with van der Waals surface area (Å²) in [4.78, 5) is 4.78. The average Bonchev–Trinajstić information content (AvgIpc) is 3.22. The van der Waals surface area contributed by atoms with E-state index < -0.39 is 0 Å². The summed E-state index contributed by atoms with van der Waals surface area (Å²) in [6.45, 7) is 6.63. The minimum atomic E-state index is 0.525. The Hall–Kier alpha value is -3.32. The number of hydrogen-bond donors (Lipinski definition) is 2. The van der Waals surface area contributed by atoms with E-state index in [2.05, 4.69) is 27.9 Å². The SMILES string of the molecule is CCNC(=NCc1ccccc1-n1ccc(C)n1)Nc1cccc(OCCCOC)c1. The van der Waals surface area contributed by atoms with Gasteiger partial charge in [-0.3, -0.25) is 0 Å². The Kier molecular flexibility index (Phi) is 8.48. The zero-order valence-corrected chi connectivity index (χ0v) is 18.5. The molecule has 2 aromatic carbocycles. The number of aryl methyl sites for hydroxylation is 1. The lowest BCUT2D eigenvalue weighted by atomic mass is 10.2. The summed E-state index contributed by atoms with van der Waals surface area (Å²) in [5.74, 6) is 1.53. The first kappa shape index (κ1) is 22.4. The van der Waals surface area contributed by atoms with Crippen LogP contribution in [0.3, 0.4) is 0 Å². The molecule has 0 bridgehead atoms. The van der Waals surface area contributed by atoms with Crippen LogP contribution < -0.4 is 15.4 Å². The second-order valence-electron chi connectivity index (χ2n) is 7.07. The molecule has 3 aromatic rings. The van der Waals surface area contributed by atoms with Gasteiger partial charge in [-0.25, -0.2) is 9.67 Å². The monoisotopic (exact) mass is 421 g/mol. The molecule has 164 valence electrons. The van der Waals surface area contributed by atoms with Crippen molar-refractivity contribution in [1.82, 2.24) is 15.1 Å². The van der Waals surface area contributed by atoms with E-state index >= 15 is 0 Å². The van der Waals surface area contributed by atoms with E-state index in [1.54, 1.807) is 7.11 Å². The molecule has 7 heteroatoms. The topological polar surface area (TPSA) is 72.7 Å². The molecule has 0 aliphatic rings. The fourth-order valence-corrected chi connectivity index (χ4v) is 3.08. The lowest BCUT2D eigenvalue weighted by Crippen LogP contribution is -2.30. The second kappa shape index (κ2) is 11.8. The number of methoxy groups -OCH3 is 1. The largest absolute Gasteiger partial charge is 0.493 e. The fourth-order valence-electron chi connectivity index (χ4n) is 3.08. The quantitative estimate of drug-likeness (QED) is 0.292. The Morgan fingerprint density at radius 1 is 1.10 bits per heavy atom. The van der Waals surface area contributed by atoms with Crippen LogP contribution in [0.15, 0.2) is 65.8 Å². The van der Waals surface area contributed by atoms with Gasteiger partial charge in [0.05, 0.1) is 24.5 Å². The Bertz CT molecular complexity index is 983. The second-order valence-corrected chi connectivity index (χ2v) is 7.07. The normalized spacial score (nSPS) is 11.4. The number of rotatable bonds is 10. The average molecular weight is 422 g/mol. The number of nitrogens with zero attached hydrogens (tertiary/aromatic N) is 3. The third kappa shape index (κ3) is 6.86. The van der Waals surface area contributed by atoms with Crippen LogP contribution in [-0.2, 0) is 11.3 Å². The summed E-state index contributed by atoms with van der Waals surface area (Å²) in [5.41, 5.74) is 4.03. The van der Waals surface area contributed by atoms with Gasteiger partial charge in [0.2, 0.25) is 0 Å². The molecule has 0 fully saturated rings. The number of anilines is 1. The van der Waals surface area contributed by atoms with E-state index in [0.29, 0.717) is 25.7 Å². The van der Waals surface area contributed by atoms with Gasteiger partial charge in [0.1, 0.15) is 5.75 Å². The van der Waals surface area contributed by atoms with Crippen LogP contribution >= 0.6 is 0 Å². The van der Waals surface area contributed by atoms with Crippen LogP contribution in [0, 0.1) is 6.92 Å². The summed E-state index contributed by atoms with van der Waals surface area (Å²) in [6.07, 6.45) is 2.83. The molecule has 0 saturated carbocycles. The van der Waals surface area contributed by atoms with Crippen LogP contribution in [0.1, 0.15) is 24.6 Å². The van der Waals surface area contributed by atoms with Gasteiger partial charge in [0, 0.05) is 44.6 Å². The van der Waals surface area contributed by atoms with Crippen molar-refractivity contribution in [2.75, 3.05) is 32.2 Å². The highest BCUT2D eigenvalue weighted by Crippen LogP contribution is 2.18. The zero-order valence-electron chi connectivity index (χ0n) is 18.5. The highest BCUT2D eigenvalue weighted by molar-refractivity contribution is 5.93. The van der Waals surface area contributed by atoms with Crippen LogP contribution in [-0.4, -0.2) is 42.6 Å². The number of hydrogen-bond acceptors (Lipinski definition) is 4. The molecule has 0 amide bonds. The van der Waals surface area contributed by atoms with Crippen molar-refractivity contribution in [2.24, 2.45) is 4.99 Å². The van der Waals surface area contributed by atoms with Crippen molar-refractivity contribution < 1.29 is 9.47 Å². The first-order valence-electron chi connectivity index (χ1n) is 10.6. The van der Waals surface area contributed by atoms with Crippen molar-refractivity contribution in [3.8, 4) is 11.4 Å². The van der Waals surface area contributed by atoms with Gasteiger partial charge in [-0.1, -0.05) is 24.3 Å². The zero-order chi connectivity index (χ0) is 21.9. The highest BCUT2D eigenvalue weighted by atomic mass is 16.5. The molecular formula is C24H31N5O2. The van der Waals surface area contributed by atoms with E-state index in [-0.39, 0.29) is 0 Å². The maximum absolute atomic E-state index is 5.80. The molecule has 1 aromatic heterocycles. The molecule has 7 nitrogen and oxygen atoms in total. The summed E-state index contributed by atoms with van der Waals surface area (Å²) < 4.78 is 12.8. The van der Waals surface area contributed by atoms with E-state index in [0.717, 1.165) is 41.3 Å². The Labute approximate surface area is 184 Å². The van der Waals surface area contributed by atoms with E-state index in [1.165, 1.54) is 0 Å². The van der Waals surface area contributed by atoms with Crippen LogP contribution in [0.4, 0.5) is 5.69 Å². The van der Waals surface area contributed by atoms with Crippen LogP contribution in [0.25, 0.3) is 5.69 Å². The lowest BCUT2D eigenvalue weighted by molar-refractivity contribution is 0.172. The van der Waals surface area contributed by atoms with Gasteiger partial charge in [-0.15, -0.1) is 0 Å². The van der Waals surface area contributed by atoms with Gasteiger partial charge < -0.3 is 20.1 Å². The smallest absolute Gasteiger partial charge is 0.196 e. The van der Waals surface area contributed by atoms with Crippen molar-refractivity contribution >= 4 is 11.6 Å². The van der Waals surface area contributed by atoms with Gasteiger partial charge in [-0.2, -0.15) is 5.10 Å². The van der Waals surface area contributed by atoms with Crippen molar-refractivity contribution in [1.29, 1.82) is 0 Å². The molecule has 3 rings (SSSR count). The maximum atomic E-state index is 5.80. The molecule has 31 heavy (non-hydrogen) atoms. The summed E-state index contributed by atoms with van der Waals surface area (Å²) >= 11 is 0. The predicted molar refractivity (Wildman–Crippen MR) is 125 cm³/mol. The number of benzene rings is 2. The van der Waals surface area contributed by atoms with Crippen molar-refractivity contribution in [3.63, 3.8) is 0 Å². The number of nitrogens with one attached hydrogen (secondary N) is 2. The number of para-hydroxylation sites is 1. The molecule has 2 N–H and O–H groups in total. The third-order valence-corrected chi connectivity index (χ3v) is 4.57. The molecule has 0 atom stereocenters. The first-order chi connectivity index (χ1) is 15.2. The fraction of sp³-hybridized carbons (Fsp3) is 0.333. The maximum Gasteiger partial charge on any atom is 0.196 e. The van der Waals surface area contributed by atoms with Gasteiger partial charge in [0.15, 0.2) is 5.96 Å². The molecule has 0 aliphatic carbocycles. The lowest BCUT2D eigenvalue weighted by Gasteiger charge is -2.14. The van der Waals surface area contributed by atoms with Crippen LogP contribution in [0.5, 0.6) is 5.75 Å². The minimum absolute atomic E-state index is 0.525. The molecule has 1 heterocycles. The van der Waals surface area contributed by atoms with Crippen molar-refractivity contribution in [3.05, 3.63) is 72.1 Å². The van der Waals surface area contributed by atoms with E-state index in [4.69, 9.17) is 14.5 Å². The summed E-state index contributed by atoms with van der Waals surface area (Å²) in [6, 6.07) is 18.1. The Balaban J connectivity index is 1.70. The van der Waals surface area contributed by atoms with Gasteiger partial charge in [-0.05, 0) is 43.7 Å². The Morgan fingerprint density at radius 3 is 2.74 bits per heavy atom. The molecule has 0 saturated heterocycles.